The number of carbonyl (C=O) groups excluding carboxylic acids is 2. The lowest BCUT2D eigenvalue weighted by atomic mass is 10.0. The van der Waals surface area contributed by atoms with E-state index in [4.69, 9.17) is 5.73 Å². The largest absolute Gasteiger partial charge is 0.545 e. The van der Waals surface area contributed by atoms with Gasteiger partial charge in [0.2, 0.25) is 0 Å². The molecule has 0 aliphatic rings. The van der Waals surface area contributed by atoms with Crippen LogP contribution in [-0.2, 0) is 6.42 Å². The highest BCUT2D eigenvalue weighted by Gasteiger charge is 2.04. The summed E-state index contributed by atoms with van der Waals surface area (Å²) in [6.07, 6.45) is 0.296. The Morgan fingerprint density at radius 3 is 2.65 bits per heavy atom. The Hall–Kier alpha value is -2.37. The number of benzene rings is 1. The smallest absolute Gasteiger partial charge is 0.332 e. The van der Waals surface area contributed by atoms with Crippen LogP contribution in [0.3, 0.4) is 0 Å². The fourth-order valence-corrected chi connectivity index (χ4v) is 1.34. The SMILES string of the molecule is C/C(Cc1ccccc1C(=O)[O-])=N/NC(N)=O. The van der Waals surface area contributed by atoms with Crippen molar-refractivity contribution in [3.8, 4) is 0 Å². The maximum Gasteiger partial charge on any atom is 0.332 e. The Labute approximate surface area is 98.1 Å². The van der Waals surface area contributed by atoms with Crippen molar-refractivity contribution in [3.05, 3.63) is 35.4 Å². The number of nitrogens with zero attached hydrogens (tertiary/aromatic N) is 1. The third kappa shape index (κ3) is 3.94. The van der Waals surface area contributed by atoms with E-state index < -0.39 is 12.0 Å². The summed E-state index contributed by atoms with van der Waals surface area (Å²) in [6.45, 7) is 1.65. The second kappa shape index (κ2) is 5.64. The molecule has 0 aliphatic heterocycles. The van der Waals surface area contributed by atoms with E-state index in [1.807, 2.05) is 0 Å². The Morgan fingerprint density at radius 2 is 2.06 bits per heavy atom. The van der Waals surface area contributed by atoms with Gasteiger partial charge in [-0.05, 0) is 12.5 Å². The maximum absolute atomic E-state index is 10.8. The number of aromatic carboxylic acids is 1. The molecule has 2 amide bonds. The van der Waals surface area contributed by atoms with Crippen LogP contribution in [0, 0.1) is 0 Å². The Kier molecular flexibility index (Phi) is 4.21. The molecule has 1 aromatic rings. The van der Waals surface area contributed by atoms with Crippen molar-refractivity contribution in [1.29, 1.82) is 0 Å². The van der Waals surface area contributed by atoms with Crippen molar-refractivity contribution >= 4 is 17.7 Å². The van der Waals surface area contributed by atoms with E-state index in [1.54, 1.807) is 25.1 Å². The van der Waals surface area contributed by atoms with Gasteiger partial charge in [0.05, 0.1) is 5.97 Å². The summed E-state index contributed by atoms with van der Waals surface area (Å²) in [6, 6.07) is 5.69. The molecular formula is C11H12N3O3-. The van der Waals surface area contributed by atoms with Gasteiger partial charge in [0.25, 0.3) is 0 Å². The van der Waals surface area contributed by atoms with Gasteiger partial charge in [-0.3, -0.25) is 0 Å². The minimum Gasteiger partial charge on any atom is -0.545 e. The monoisotopic (exact) mass is 234 g/mol. The molecule has 0 atom stereocenters. The molecule has 0 saturated heterocycles. The molecule has 17 heavy (non-hydrogen) atoms. The number of hydrogen-bond donors (Lipinski definition) is 2. The van der Waals surface area contributed by atoms with Crippen molar-refractivity contribution in [2.24, 2.45) is 10.8 Å². The summed E-state index contributed by atoms with van der Waals surface area (Å²) in [5.41, 5.74) is 8.15. The fraction of sp³-hybridized carbons (Fsp3) is 0.182. The van der Waals surface area contributed by atoms with Crippen LogP contribution in [0.4, 0.5) is 4.79 Å². The van der Waals surface area contributed by atoms with Gasteiger partial charge in [-0.25, -0.2) is 10.2 Å². The van der Waals surface area contributed by atoms with Crippen LogP contribution in [0.2, 0.25) is 0 Å². The summed E-state index contributed by atoms with van der Waals surface area (Å²) in [4.78, 5) is 21.3. The van der Waals surface area contributed by atoms with E-state index in [0.717, 1.165) is 0 Å². The van der Waals surface area contributed by atoms with E-state index in [1.165, 1.54) is 6.07 Å². The van der Waals surface area contributed by atoms with Gasteiger partial charge in [-0.2, -0.15) is 5.10 Å². The van der Waals surface area contributed by atoms with E-state index in [0.29, 0.717) is 17.7 Å². The van der Waals surface area contributed by atoms with Crippen molar-refractivity contribution in [1.82, 2.24) is 5.43 Å². The molecule has 0 fully saturated rings. The van der Waals surface area contributed by atoms with Gasteiger partial charge in [0.15, 0.2) is 0 Å². The number of hydrazone groups is 1. The number of urea groups is 1. The molecule has 0 aliphatic carbocycles. The zero-order chi connectivity index (χ0) is 12.8. The maximum atomic E-state index is 10.8. The molecular weight excluding hydrogens is 222 g/mol. The van der Waals surface area contributed by atoms with Crippen molar-refractivity contribution in [2.45, 2.75) is 13.3 Å². The number of amides is 2. The third-order valence-electron chi connectivity index (χ3n) is 2.04. The highest BCUT2D eigenvalue weighted by Crippen LogP contribution is 2.09. The molecule has 90 valence electrons. The van der Waals surface area contributed by atoms with E-state index >= 15 is 0 Å². The first-order valence-electron chi connectivity index (χ1n) is 4.88. The van der Waals surface area contributed by atoms with Crippen molar-refractivity contribution in [2.75, 3.05) is 0 Å². The molecule has 6 nitrogen and oxygen atoms in total. The number of carboxylic acids is 1. The molecule has 0 aromatic heterocycles. The summed E-state index contributed by atoms with van der Waals surface area (Å²) in [7, 11) is 0. The number of nitrogens with one attached hydrogen (secondary N) is 1. The first-order chi connectivity index (χ1) is 8.00. The van der Waals surface area contributed by atoms with Gasteiger partial charge >= 0.3 is 6.03 Å². The van der Waals surface area contributed by atoms with E-state index in [2.05, 4.69) is 10.5 Å². The molecule has 6 heteroatoms. The number of carboxylic acid groups (broad SMARTS) is 1. The summed E-state index contributed by atoms with van der Waals surface area (Å²) in [5, 5.41) is 14.5. The minimum atomic E-state index is -1.24. The molecule has 3 N–H and O–H groups in total. The van der Waals surface area contributed by atoms with Crippen LogP contribution in [0.1, 0.15) is 22.8 Å². The Balaban J connectivity index is 2.84. The number of nitrogens with two attached hydrogens (primary N) is 1. The molecule has 0 radical (unpaired) electrons. The second-order valence-corrected chi connectivity index (χ2v) is 3.44. The average Bonchev–Trinajstić information content (AvgIpc) is 2.27. The van der Waals surface area contributed by atoms with Crippen LogP contribution in [0.5, 0.6) is 0 Å². The number of primary amides is 1. The summed E-state index contributed by atoms with van der Waals surface area (Å²) in [5.74, 6) is -1.24. The topological polar surface area (TPSA) is 108 Å². The zero-order valence-electron chi connectivity index (χ0n) is 9.27. The van der Waals surface area contributed by atoms with Gasteiger partial charge in [0, 0.05) is 17.7 Å². The van der Waals surface area contributed by atoms with Crippen molar-refractivity contribution in [3.63, 3.8) is 0 Å². The summed E-state index contributed by atoms with van der Waals surface area (Å²) < 4.78 is 0. The lowest BCUT2D eigenvalue weighted by Crippen LogP contribution is -2.26. The molecule has 0 saturated carbocycles. The molecule has 1 rings (SSSR count). The lowest BCUT2D eigenvalue weighted by Gasteiger charge is -2.09. The third-order valence-corrected chi connectivity index (χ3v) is 2.04. The number of carbonyl (C=O) groups is 2. The highest BCUT2D eigenvalue weighted by atomic mass is 16.4. The Bertz CT molecular complexity index is 469. The zero-order valence-corrected chi connectivity index (χ0v) is 9.27. The van der Waals surface area contributed by atoms with E-state index in [-0.39, 0.29) is 5.56 Å². The normalized spacial score (nSPS) is 11.0. The molecule has 0 bridgehead atoms. The molecule has 1 aromatic carbocycles. The predicted octanol–water partition coefficient (Wildman–Crippen LogP) is -0.363. The fourth-order valence-electron chi connectivity index (χ4n) is 1.34. The minimum absolute atomic E-state index is 0.112. The van der Waals surface area contributed by atoms with Gasteiger partial charge in [-0.1, -0.05) is 24.3 Å². The number of hydrogen-bond acceptors (Lipinski definition) is 4. The van der Waals surface area contributed by atoms with Gasteiger partial charge < -0.3 is 15.6 Å². The quantitative estimate of drug-likeness (QED) is 0.548. The summed E-state index contributed by atoms with van der Waals surface area (Å²) >= 11 is 0. The van der Waals surface area contributed by atoms with Crippen LogP contribution in [0.15, 0.2) is 29.4 Å². The first-order valence-corrected chi connectivity index (χ1v) is 4.88. The first kappa shape index (κ1) is 12.7. The average molecular weight is 234 g/mol. The van der Waals surface area contributed by atoms with Crippen molar-refractivity contribution < 1.29 is 14.7 Å². The molecule has 0 unspecified atom stereocenters. The second-order valence-electron chi connectivity index (χ2n) is 3.44. The molecule has 0 heterocycles. The van der Waals surface area contributed by atoms with Crippen LogP contribution in [-0.4, -0.2) is 17.7 Å². The number of rotatable bonds is 4. The molecule has 0 spiro atoms. The van der Waals surface area contributed by atoms with Gasteiger partial charge in [0.1, 0.15) is 0 Å². The van der Waals surface area contributed by atoms with Crippen LogP contribution < -0.4 is 16.3 Å². The predicted molar refractivity (Wildman–Crippen MR) is 60.3 cm³/mol. The standard InChI is InChI=1S/C11H13N3O3/c1-7(13-14-11(12)17)6-8-4-2-3-5-9(8)10(15)16/h2-5H,6H2,1H3,(H,15,16)(H3,12,14,17)/p-1/b13-7-. The lowest BCUT2D eigenvalue weighted by molar-refractivity contribution is -0.255. The van der Waals surface area contributed by atoms with E-state index in [9.17, 15) is 14.7 Å². The van der Waals surface area contributed by atoms with Gasteiger partial charge in [-0.15, -0.1) is 0 Å². The van der Waals surface area contributed by atoms with Crippen LogP contribution >= 0.6 is 0 Å². The Morgan fingerprint density at radius 1 is 1.41 bits per heavy atom. The highest BCUT2D eigenvalue weighted by molar-refractivity contribution is 5.92. The van der Waals surface area contributed by atoms with Crippen LogP contribution in [0.25, 0.3) is 0 Å².